The molecular formula is C18H29N3. The lowest BCUT2D eigenvalue weighted by Crippen LogP contribution is -2.41. The van der Waals surface area contributed by atoms with Crippen molar-refractivity contribution in [2.45, 2.75) is 45.2 Å². The first-order valence-electron chi connectivity index (χ1n) is 8.51. The first-order valence-corrected chi connectivity index (χ1v) is 8.51. The van der Waals surface area contributed by atoms with Gasteiger partial charge in [-0.2, -0.15) is 0 Å². The van der Waals surface area contributed by atoms with Crippen molar-refractivity contribution in [1.82, 2.24) is 10.2 Å². The summed E-state index contributed by atoms with van der Waals surface area (Å²) in [5, 5.41) is 3.31. The topological polar surface area (TPSA) is 18.5 Å². The van der Waals surface area contributed by atoms with Gasteiger partial charge in [0.15, 0.2) is 0 Å². The summed E-state index contributed by atoms with van der Waals surface area (Å²) in [4.78, 5) is 5.33. The summed E-state index contributed by atoms with van der Waals surface area (Å²) in [6.45, 7) is 8.19. The summed E-state index contributed by atoms with van der Waals surface area (Å²) in [5.41, 5.74) is 4.24. The molecule has 3 nitrogen and oxygen atoms in total. The van der Waals surface area contributed by atoms with E-state index in [1.807, 2.05) is 7.05 Å². The van der Waals surface area contributed by atoms with Gasteiger partial charge in [-0.3, -0.25) is 4.90 Å². The molecule has 0 spiro atoms. The number of rotatable bonds is 4. The predicted octanol–water partition coefficient (Wildman–Crippen LogP) is 2.78. The van der Waals surface area contributed by atoms with Crippen LogP contribution in [0.3, 0.4) is 0 Å². The van der Waals surface area contributed by atoms with Crippen molar-refractivity contribution in [3.05, 3.63) is 29.3 Å². The van der Waals surface area contributed by atoms with Gasteiger partial charge < -0.3 is 10.2 Å². The summed E-state index contributed by atoms with van der Waals surface area (Å²) >= 11 is 0. The van der Waals surface area contributed by atoms with E-state index in [4.69, 9.17) is 0 Å². The number of likely N-dealkylation sites (tertiary alicyclic amines) is 1. The van der Waals surface area contributed by atoms with Crippen LogP contribution in [0.4, 0.5) is 5.69 Å². The first-order chi connectivity index (χ1) is 10.3. The van der Waals surface area contributed by atoms with E-state index in [9.17, 15) is 0 Å². The average molecular weight is 287 g/mol. The smallest absolute Gasteiger partial charge is 0.0412 e. The van der Waals surface area contributed by atoms with Crippen molar-refractivity contribution in [3.63, 3.8) is 0 Å². The maximum absolute atomic E-state index is 3.31. The molecule has 2 aliphatic rings. The van der Waals surface area contributed by atoms with E-state index in [2.05, 4.69) is 40.2 Å². The van der Waals surface area contributed by atoms with Gasteiger partial charge in [-0.1, -0.05) is 24.1 Å². The number of piperidine rings is 1. The molecule has 1 N–H and O–H groups in total. The molecule has 3 heteroatoms. The van der Waals surface area contributed by atoms with Gasteiger partial charge in [-0.15, -0.1) is 0 Å². The minimum atomic E-state index is 0.772. The van der Waals surface area contributed by atoms with Crippen molar-refractivity contribution >= 4 is 5.69 Å². The Balaban J connectivity index is 1.70. The highest BCUT2D eigenvalue weighted by Gasteiger charge is 2.29. The van der Waals surface area contributed by atoms with Crippen LogP contribution in [-0.4, -0.2) is 44.2 Å². The molecule has 21 heavy (non-hydrogen) atoms. The predicted molar refractivity (Wildman–Crippen MR) is 90.0 cm³/mol. The Kier molecular flexibility index (Phi) is 4.81. The van der Waals surface area contributed by atoms with Crippen LogP contribution in [0, 0.1) is 6.92 Å². The first kappa shape index (κ1) is 14.9. The van der Waals surface area contributed by atoms with E-state index < -0.39 is 0 Å². The second-order valence-corrected chi connectivity index (χ2v) is 6.65. The standard InChI is InChI=1S/C18H29N3/c1-15-6-7-18(16(12-15)13-19-2)21-11-8-17(14-21)20-9-4-3-5-10-20/h6-7,12,17,19H,3-5,8-11,13-14H2,1-2H3. The number of nitrogens with one attached hydrogen (secondary N) is 1. The zero-order valence-electron chi connectivity index (χ0n) is 13.6. The van der Waals surface area contributed by atoms with E-state index in [1.165, 1.54) is 68.7 Å². The van der Waals surface area contributed by atoms with Crippen LogP contribution in [0.2, 0.25) is 0 Å². The summed E-state index contributed by atoms with van der Waals surface area (Å²) in [7, 11) is 2.03. The Morgan fingerprint density at radius 2 is 1.95 bits per heavy atom. The molecule has 0 radical (unpaired) electrons. The second-order valence-electron chi connectivity index (χ2n) is 6.65. The van der Waals surface area contributed by atoms with E-state index in [0.717, 1.165) is 12.6 Å². The van der Waals surface area contributed by atoms with E-state index in [-0.39, 0.29) is 0 Å². The maximum Gasteiger partial charge on any atom is 0.0412 e. The van der Waals surface area contributed by atoms with E-state index in [0.29, 0.717) is 0 Å². The Labute approximate surface area is 129 Å². The highest BCUT2D eigenvalue weighted by molar-refractivity contribution is 5.56. The third-order valence-electron chi connectivity index (χ3n) is 5.01. The Hall–Kier alpha value is -1.06. The highest BCUT2D eigenvalue weighted by atomic mass is 15.3. The van der Waals surface area contributed by atoms with Gasteiger partial charge in [0.25, 0.3) is 0 Å². The molecule has 0 bridgehead atoms. The van der Waals surface area contributed by atoms with Gasteiger partial charge in [0.05, 0.1) is 0 Å². The molecule has 3 rings (SSSR count). The van der Waals surface area contributed by atoms with Crippen molar-refractivity contribution in [3.8, 4) is 0 Å². The molecule has 0 aliphatic carbocycles. The minimum absolute atomic E-state index is 0.772. The number of nitrogens with zero attached hydrogens (tertiary/aromatic N) is 2. The normalized spacial score (nSPS) is 23.7. The van der Waals surface area contributed by atoms with Crippen LogP contribution in [0.5, 0.6) is 0 Å². The third-order valence-corrected chi connectivity index (χ3v) is 5.01. The number of hydrogen-bond acceptors (Lipinski definition) is 3. The van der Waals surface area contributed by atoms with E-state index in [1.54, 1.807) is 0 Å². The molecular weight excluding hydrogens is 258 g/mol. The van der Waals surface area contributed by atoms with Crippen molar-refractivity contribution in [2.75, 3.05) is 38.1 Å². The average Bonchev–Trinajstić information content (AvgIpc) is 2.98. The van der Waals surface area contributed by atoms with Crippen LogP contribution in [0.15, 0.2) is 18.2 Å². The molecule has 2 heterocycles. The van der Waals surface area contributed by atoms with Crippen molar-refractivity contribution < 1.29 is 0 Å². The quantitative estimate of drug-likeness (QED) is 0.918. The molecule has 1 atom stereocenters. The van der Waals surface area contributed by atoms with Gasteiger partial charge >= 0.3 is 0 Å². The lowest BCUT2D eigenvalue weighted by atomic mass is 10.1. The molecule has 0 saturated carbocycles. The maximum atomic E-state index is 3.31. The molecule has 0 aromatic heterocycles. The lowest BCUT2D eigenvalue weighted by Gasteiger charge is -2.32. The van der Waals surface area contributed by atoms with Gasteiger partial charge in [0, 0.05) is 31.4 Å². The Bertz CT molecular complexity index is 466. The number of anilines is 1. The van der Waals surface area contributed by atoms with Crippen molar-refractivity contribution in [1.29, 1.82) is 0 Å². The van der Waals surface area contributed by atoms with Gasteiger partial charge in [-0.25, -0.2) is 0 Å². The van der Waals surface area contributed by atoms with Crippen LogP contribution in [0.25, 0.3) is 0 Å². The van der Waals surface area contributed by atoms with E-state index >= 15 is 0 Å². The van der Waals surface area contributed by atoms with Gasteiger partial charge in [-0.05, 0) is 58.0 Å². The number of hydrogen-bond donors (Lipinski definition) is 1. The van der Waals surface area contributed by atoms with Crippen LogP contribution in [-0.2, 0) is 6.54 Å². The van der Waals surface area contributed by atoms with Gasteiger partial charge in [0.1, 0.15) is 0 Å². The number of benzene rings is 1. The Morgan fingerprint density at radius 3 is 2.71 bits per heavy atom. The molecule has 116 valence electrons. The largest absolute Gasteiger partial charge is 0.370 e. The van der Waals surface area contributed by atoms with Crippen molar-refractivity contribution in [2.24, 2.45) is 0 Å². The zero-order valence-corrected chi connectivity index (χ0v) is 13.6. The zero-order chi connectivity index (χ0) is 14.7. The fourth-order valence-electron chi connectivity index (χ4n) is 3.90. The Morgan fingerprint density at radius 1 is 1.14 bits per heavy atom. The molecule has 1 unspecified atom stereocenters. The molecule has 1 aromatic rings. The lowest BCUT2D eigenvalue weighted by molar-refractivity contribution is 0.175. The second kappa shape index (κ2) is 6.80. The molecule has 2 aliphatic heterocycles. The minimum Gasteiger partial charge on any atom is -0.370 e. The summed E-state index contributed by atoms with van der Waals surface area (Å²) in [5.74, 6) is 0. The highest BCUT2D eigenvalue weighted by Crippen LogP contribution is 2.28. The fourth-order valence-corrected chi connectivity index (χ4v) is 3.90. The summed E-state index contributed by atoms with van der Waals surface area (Å²) in [6, 6.07) is 7.68. The SMILES string of the molecule is CNCc1cc(C)ccc1N1CCC(N2CCCCC2)C1. The monoisotopic (exact) mass is 287 g/mol. The van der Waals surface area contributed by atoms with Crippen LogP contribution >= 0.6 is 0 Å². The summed E-state index contributed by atoms with van der Waals surface area (Å²) < 4.78 is 0. The fraction of sp³-hybridized carbons (Fsp3) is 0.667. The molecule has 1 aromatic carbocycles. The molecule has 0 amide bonds. The van der Waals surface area contributed by atoms with Crippen LogP contribution in [0.1, 0.15) is 36.8 Å². The molecule has 2 saturated heterocycles. The third kappa shape index (κ3) is 3.41. The van der Waals surface area contributed by atoms with Crippen LogP contribution < -0.4 is 10.2 Å². The summed E-state index contributed by atoms with van der Waals surface area (Å²) in [6.07, 6.45) is 5.54. The number of aryl methyl sites for hydroxylation is 1. The molecule has 2 fully saturated rings. The van der Waals surface area contributed by atoms with Gasteiger partial charge in [0.2, 0.25) is 0 Å².